The number of thioether (sulfide) groups is 1. The van der Waals surface area contributed by atoms with Crippen molar-refractivity contribution in [3.8, 4) is 0 Å². The van der Waals surface area contributed by atoms with E-state index in [2.05, 4.69) is 35.2 Å². The minimum absolute atomic E-state index is 0.304. The van der Waals surface area contributed by atoms with E-state index in [0.717, 1.165) is 9.59 Å². The van der Waals surface area contributed by atoms with Gasteiger partial charge >= 0.3 is 0 Å². The molecule has 1 nitrogen and oxygen atoms in total. The van der Waals surface area contributed by atoms with Crippen molar-refractivity contribution in [3.63, 3.8) is 0 Å². The summed E-state index contributed by atoms with van der Waals surface area (Å²) in [6.07, 6.45) is 7.47. The lowest BCUT2D eigenvalue weighted by atomic mass is 9.94. The van der Waals surface area contributed by atoms with Crippen molar-refractivity contribution in [2.75, 3.05) is 6.26 Å². The van der Waals surface area contributed by atoms with Crippen molar-refractivity contribution in [3.05, 3.63) is 43.7 Å². The Kier molecular flexibility index (Phi) is 5.68. The molecule has 1 N–H and O–H groups in total. The zero-order valence-corrected chi connectivity index (χ0v) is 15.3. The van der Waals surface area contributed by atoms with E-state index in [-0.39, 0.29) is 0 Å². The average molecular weight is 358 g/mol. The molecule has 1 aliphatic carbocycles. The van der Waals surface area contributed by atoms with Gasteiger partial charge in [0.1, 0.15) is 0 Å². The largest absolute Gasteiger partial charge is 0.302 e. The third-order valence-corrected chi connectivity index (χ3v) is 7.49. The fraction of sp³-hybridized carbons (Fsp3) is 0.500. The molecule has 114 valence electrons. The van der Waals surface area contributed by atoms with Gasteiger partial charge in [-0.2, -0.15) is 11.8 Å². The summed E-state index contributed by atoms with van der Waals surface area (Å²) in [6, 6.07) is 9.46. The molecule has 0 aliphatic heterocycles. The third kappa shape index (κ3) is 4.05. The quantitative estimate of drug-likeness (QED) is 0.723. The van der Waals surface area contributed by atoms with Gasteiger partial charge in [0.2, 0.25) is 0 Å². The Morgan fingerprint density at radius 2 is 2.00 bits per heavy atom. The highest BCUT2D eigenvalue weighted by atomic mass is 35.5. The summed E-state index contributed by atoms with van der Waals surface area (Å²) in [5, 5.41) is 6.90. The van der Waals surface area contributed by atoms with Crippen LogP contribution in [0.15, 0.2) is 29.6 Å². The maximum absolute atomic E-state index is 6.14. The molecular weight excluding hydrogens is 338 g/mol. The van der Waals surface area contributed by atoms with E-state index < -0.39 is 0 Å². The van der Waals surface area contributed by atoms with E-state index in [1.54, 1.807) is 11.3 Å². The van der Waals surface area contributed by atoms with Crippen molar-refractivity contribution < 1.29 is 0 Å². The molecule has 0 spiro atoms. The Morgan fingerprint density at radius 1 is 1.19 bits per heavy atom. The Labute approximate surface area is 144 Å². The molecule has 0 radical (unpaired) electrons. The molecule has 0 bridgehead atoms. The number of nitrogens with one attached hydrogen (secondary N) is 1. The molecule has 1 atom stereocenters. The highest BCUT2D eigenvalue weighted by molar-refractivity contribution is 7.99. The van der Waals surface area contributed by atoms with Gasteiger partial charge in [-0.1, -0.05) is 17.7 Å². The lowest BCUT2D eigenvalue weighted by Gasteiger charge is -2.31. The van der Waals surface area contributed by atoms with E-state index in [9.17, 15) is 0 Å². The lowest BCUT2D eigenvalue weighted by molar-refractivity contribution is 0.363. The molecule has 1 saturated carbocycles. The summed E-state index contributed by atoms with van der Waals surface area (Å²) in [4.78, 5) is 2.72. The summed E-state index contributed by atoms with van der Waals surface area (Å²) in [5.41, 5.74) is 0. The van der Waals surface area contributed by atoms with Gasteiger partial charge in [0.15, 0.2) is 0 Å². The molecule has 0 amide bonds. The van der Waals surface area contributed by atoms with Gasteiger partial charge in [0.05, 0.1) is 10.4 Å². The van der Waals surface area contributed by atoms with Gasteiger partial charge in [0.25, 0.3) is 0 Å². The number of hydrogen-bond acceptors (Lipinski definition) is 4. The molecular formula is C16H20ClNS3. The van der Waals surface area contributed by atoms with E-state index in [4.69, 9.17) is 11.6 Å². The van der Waals surface area contributed by atoms with Crippen LogP contribution in [0.25, 0.3) is 0 Å². The Bertz CT molecular complexity index is 544. The molecule has 1 aliphatic rings. The van der Waals surface area contributed by atoms with Crippen LogP contribution in [0.3, 0.4) is 0 Å². The first kappa shape index (κ1) is 15.9. The molecule has 21 heavy (non-hydrogen) atoms. The summed E-state index contributed by atoms with van der Waals surface area (Å²) in [6.45, 7) is 0. The van der Waals surface area contributed by atoms with E-state index in [1.165, 1.54) is 35.4 Å². The van der Waals surface area contributed by atoms with Gasteiger partial charge in [-0.05, 0) is 55.5 Å². The van der Waals surface area contributed by atoms with E-state index >= 15 is 0 Å². The standard InChI is InChI=1S/C16H20ClNS3/c1-19-12-6-4-11(5-7-12)18-16(13-3-2-10-20-13)14-8-9-15(17)21-14/h2-3,8-12,16,18H,4-7H2,1H3. The van der Waals surface area contributed by atoms with Gasteiger partial charge in [-0.15, -0.1) is 22.7 Å². The minimum atomic E-state index is 0.304. The normalized spacial score (nSPS) is 24.1. The van der Waals surface area contributed by atoms with Crippen LogP contribution in [0.5, 0.6) is 0 Å². The molecule has 2 aromatic rings. The first-order valence-corrected chi connectivity index (χ1v) is 10.7. The van der Waals surface area contributed by atoms with Crippen LogP contribution in [0.4, 0.5) is 0 Å². The summed E-state index contributed by atoms with van der Waals surface area (Å²) in [7, 11) is 0. The topological polar surface area (TPSA) is 12.0 Å². The van der Waals surface area contributed by atoms with Gasteiger partial charge in [0, 0.05) is 21.0 Å². The first-order chi connectivity index (χ1) is 10.3. The maximum atomic E-state index is 6.14. The highest BCUT2D eigenvalue weighted by Crippen LogP contribution is 2.35. The number of hydrogen-bond donors (Lipinski definition) is 1. The second kappa shape index (κ2) is 7.51. The monoisotopic (exact) mass is 357 g/mol. The predicted molar refractivity (Wildman–Crippen MR) is 98.2 cm³/mol. The minimum Gasteiger partial charge on any atom is -0.302 e. The molecule has 1 fully saturated rings. The average Bonchev–Trinajstić information content (AvgIpc) is 3.17. The first-order valence-electron chi connectivity index (χ1n) is 7.33. The van der Waals surface area contributed by atoms with Gasteiger partial charge in [-0.3, -0.25) is 0 Å². The van der Waals surface area contributed by atoms with E-state index in [1.807, 2.05) is 29.2 Å². The Balaban J connectivity index is 1.72. The summed E-state index contributed by atoms with van der Waals surface area (Å²) in [5.74, 6) is 0. The fourth-order valence-corrected chi connectivity index (χ4v) is 5.71. The zero-order chi connectivity index (χ0) is 14.7. The van der Waals surface area contributed by atoms with Crippen LogP contribution in [0.2, 0.25) is 4.34 Å². The molecule has 5 heteroatoms. The number of rotatable bonds is 5. The van der Waals surface area contributed by atoms with Crippen molar-refractivity contribution in [1.29, 1.82) is 0 Å². The van der Waals surface area contributed by atoms with Crippen LogP contribution in [0.1, 0.15) is 41.5 Å². The van der Waals surface area contributed by atoms with Crippen LogP contribution >= 0.6 is 46.0 Å². The van der Waals surface area contributed by atoms with Crippen LogP contribution in [0, 0.1) is 0 Å². The lowest BCUT2D eigenvalue weighted by Crippen LogP contribution is -2.36. The molecule has 2 aromatic heterocycles. The number of thiophene rings is 2. The van der Waals surface area contributed by atoms with Crippen LogP contribution in [-0.2, 0) is 0 Å². The van der Waals surface area contributed by atoms with Crippen molar-refractivity contribution in [2.24, 2.45) is 0 Å². The van der Waals surface area contributed by atoms with Crippen LogP contribution in [-0.4, -0.2) is 17.5 Å². The van der Waals surface area contributed by atoms with Crippen molar-refractivity contribution >= 4 is 46.0 Å². The van der Waals surface area contributed by atoms with Gasteiger partial charge in [-0.25, -0.2) is 0 Å². The molecule has 1 unspecified atom stereocenters. The molecule has 0 saturated heterocycles. The van der Waals surface area contributed by atoms with Crippen LogP contribution < -0.4 is 5.32 Å². The van der Waals surface area contributed by atoms with E-state index in [0.29, 0.717) is 12.1 Å². The summed E-state index contributed by atoms with van der Waals surface area (Å²) < 4.78 is 0.874. The SMILES string of the molecule is CSC1CCC(NC(c2cccs2)c2ccc(Cl)s2)CC1. The van der Waals surface area contributed by atoms with Crippen molar-refractivity contribution in [1.82, 2.24) is 5.32 Å². The fourth-order valence-electron chi connectivity index (χ4n) is 2.94. The third-order valence-electron chi connectivity index (χ3n) is 4.12. The molecule has 3 rings (SSSR count). The molecule has 0 aromatic carbocycles. The second-order valence-corrected chi connectivity index (χ2v) is 9.33. The Hall–Kier alpha value is -0.0000000000000000278. The second-order valence-electron chi connectivity index (χ2n) is 5.47. The smallest absolute Gasteiger partial charge is 0.0931 e. The Morgan fingerprint density at radius 3 is 2.57 bits per heavy atom. The zero-order valence-electron chi connectivity index (χ0n) is 12.0. The maximum Gasteiger partial charge on any atom is 0.0931 e. The molecule has 2 heterocycles. The predicted octanol–water partition coefficient (Wildman–Crippen LogP) is 5.82. The number of halogens is 1. The van der Waals surface area contributed by atoms with Gasteiger partial charge < -0.3 is 5.32 Å². The summed E-state index contributed by atoms with van der Waals surface area (Å²) >= 11 is 11.7. The highest BCUT2D eigenvalue weighted by Gasteiger charge is 2.25. The van der Waals surface area contributed by atoms with Crippen molar-refractivity contribution in [2.45, 2.75) is 43.0 Å².